The van der Waals surface area contributed by atoms with Crippen molar-refractivity contribution in [2.75, 3.05) is 23.7 Å². The molecule has 2 N–H and O–H groups in total. The van der Waals surface area contributed by atoms with E-state index in [1.807, 2.05) is 49.4 Å². The molecule has 0 saturated carbocycles. The Morgan fingerprint density at radius 3 is 2.32 bits per heavy atom. The second kappa shape index (κ2) is 6.69. The molecule has 0 bridgehead atoms. The van der Waals surface area contributed by atoms with Crippen LogP contribution in [0.4, 0.5) is 11.4 Å². The van der Waals surface area contributed by atoms with Crippen LogP contribution < -0.4 is 10.6 Å². The van der Waals surface area contributed by atoms with E-state index in [0.29, 0.717) is 0 Å². The van der Waals surface area contributed by atoms with Gasteiger partial charge < -0.3 is 10.6 Å². The minimum Gasteiger partial charge on any atom is -0.383 e. The lowest BCUT2D eigenvalue weighted by molar-refractivity contribution is 1.07. The van der Waals surface area contributed by atoms with Gasteiger partial charge in [-0.3, -0.25) is 0 Å². The van der Waals surface area contributed by atoms with E-state index in [-0.39, 0.29) is 0 Å². The van der Waals surface area contributed by atoms with Gasteiger partial charge in [-0.1, -0.05) is 29.3 Å². The van der Waals surface area contributed by atoms with Gasteiger partial charge in [-0.25, -0.2) is 0 Å². The van der Waals surface area contributed by atoms with Crippen LogP contribution >= 0.6 is 23.2 Å². The van der Waals surface area contributed by atoms with Crippen molar-refractivity contribution in [3.63, 3.8) is 0 Å². The summed E-state index contributed by atoms with van der Waals surface area (Å²) in [6.45, 7) is 3.66. The van der Waals surface area contributed by atoms with Gasteiger partial charge in [0.05, 0.1) is 0 Å². The highest BCUT2D eigenvalue weighted by Crippen LogP contribution is 2.22. The molecule has 0 amide bonds. The zero-order valence-electron chi connectivity index (χ0n) is 10.7. The molecule has 0 unspecified atom stereocenters. The van der Waals surface area contributed by atoms with Crippen LogP contribution in [-0.4, -0.2) is 13.1 Å². The predicted molar refractivity (Wildman–Crippen MR) is 84.6 cm³/mol. The van der Waals surface area contributed by atoms with Gasteiger partial charge in [0.15, 0.2) is 0 Å². The maximum absolute atomic E-state index is 6.07. The number of halogens is 2. The first-order chi connectivity index (χ1) is 9.16. The SMILES string of the molecule is Cc1c(Cl)cccc1NCCNc1ccc(Cl)cc1. The Balaban J connectivity index is 1.81. The summed E-state index contributed by atoms with van der Waals surface area (Å²) in [5.74, 6) is 0. The molecule has 2 nitrogen and oxygen atoms in total. The van der Waals surface area contributed by atoms with E-state index in [4.69, 9.17) is 23.2 Å². The zero-order chi connectivity index (χ0) is 13.7. The molecule has 0 heterocycles. The molecule has 0 radical (unpaired) electrons. The summed E-state index contributed by atoms with van der Waals surface area (Å²) in [6.07, 6.45) is 0. The first kappa shape index (κ1) is 14.0. The minimum absolute atomic E-state index is 0.748. The van der Waals surface area contributed by atoms with Gasteiger partial charge >= 0.3 is 0 Å². The number of hydrogen-bond donors (Lipinski definition) is 2. The molecular formula is C15H16Cl2N2. The van der Waals surface area contributed by atoms with Crippen LogP contribution in [0.15, 0.2) is 42.5 Å². The van der Waals surface area contributed by atoms with Crippen LogP contribution in [0.1, 0.15) is 5.56 Å². The molecule has 0 aliphatic heterocycles. The molecule has 2 aromatic rings. The molecule has 0 aliphatic rings. The van der Waals surface area contributed by atoms with Crippen molar-refractivity contribution in [3.8, 4) is 0 Å². The lowest BCUT2D eigenvalue weighted by atomic mass is 10.2. The molecule has 0 fully saturated rings. The smallest absolute Gasteiger partial charge is 0.0455 e. The maximum atomic E-state index is 6.07. The summed E-state index contributed by atoms with van der Waals surface area (Å²) in [5.41, 5.74) is 3.22. The molecule has 0 saturated heterocycles. The summed E-state index contributed by atoms with van der Waals surface area (Å²) < 4.78 is 0. The second-order valence-electron chi connectivity index (χ2n) is 4.27. The van der Waals surface area contributed by atoms with E-state index >= 15 is 0 Å². The molecule has 0 spiro atoms. The molecule has 2 aromatic carbocycles. The Kier molecular flexibility index (Phi) is 4.94. The Morgan fingerprint density at radius 2 is 1.58 bits per heavy atom. The minimum atomic E-state index is 0.748. The second-order valence-corrected chi connectivity index (χ2v) is 5.12. The number of rotatable bonds is 5. The number of nitrogens with one attached hydrogen (secondary N) is 2. The van der Waals surface area contributed by atoms with Gasteiger partial charge in [0, 0.05) is 34.5 Å². The molecule has 0 aliphatic carbocycles. The third-order valence-electron chi connectivity index (χ3n) is 2.88. The summed E-state index contributed by atoms with van der Waals surface area (Å²) >= 11 is 11.9. The first-order valence-corrected chi connectivity index (χ1v) is 6.91. The Labute approximate surface area is 123 Å². The third-order valence-corrected chi connectivity index (χ3v) is 3.54. The highest BCUT2D eigenvalue weighted by atomic mass is 35.5. The fraction of sp³-hybridized carbons (Fsp3) is 0.200. The first-order valence-electron chi connectivity index (χ1n) is 6.15. The van der Waals surface area contributed by atoms with E-state index in [1.54, 1.807) is 0 Å². The van der Waals surface area contributed by atoms with Gasteiger partial charge in [0.2, 0.25) is 0 Å². The average molecular weight is 295 g/mol. The van der Waals surface area contributed by atoms with Crippen molar-refractivity contribution >= 4 is 34.6 Å². The number of anilines is 2. The Hall–Kier alpha value is -1.38. The number of benzene rings is 2. The van der Waals surface area contributed by atoms with Crippen LogP contribution in [0.25, 0.3) is 0 Å². The Bertz CT molecular complexity index is 538. The average Bonchev–Trinajstić information content (AvgIpc) is 2.41. The van der Waals surface area contributed by atoms with E-state index in [0.717, 1.165) is 40.1 Å². The van der Waals surface area contributed by atoms with Crippen molar-refractivity contribution in [1.29, 1.82) is 0 Å². The lowest BCUT2D eigenvalue weighted by Crippen LogP contribution is -2.14. The molecule has 2 rings (SSSR count). The predicted octanol–water partition coefficient (Wildman–Crippen LogP) is 4.83. The van der Waals surface area contributed by atoms with Crippen molar-refractivity contribution in [1.82, 2.24) is 0 Å². The van der Waals surface area contributed by atoms with Gasteiger partial charge in [0.1, 0.15) is 0 Å². The molecule has 0 aromatic heterocycles. The molecular weight excluding hydrogens is 279 g/mol. The van der Waals surface area contributed by atoms with Crippen LogP contribution in [0.2, 0.25) is 10.0 Å². The van der Waals surface area contributed by atoms with Crippen LogP contribution in [-0.2, 0) is 0 Å². The quantitative estimate of drug-likeness (QED) is 0.772. The highest BCUT2D eigenvalue weighted by Gasteiger charge is 2.00. The highest BCUT2D eigenvalue weighted by molar-refractivity contribution is 6.31. The van der Waals surface area contributed by atoms with Gasteiger partial charge in [-0.2, -0.15) is 0 Å². The summed E-state index contributed by atoms with van der Waals surface area (Å²) in [5, 5.41) is 8.22. The fourth-order valence-electron chi connectivity index (χ4n) is 1.77. The van der Waals surface area contributed by atoms with E-state index < -0.39 is 0 Å². The summed E-state index contributed by atoms with van der Waals surface area (Å²) in [6, 6.07) is 13.6. The van der Waals surface area contributed by atoms with Crippen molar-refractivity contribution in [2.45, 2.75) is 6.92 Å². The van der Waals surface area contributed by atoms with E-state index in [9.17, 15) is 0 Å². The summed E-state index contributed by atoms with van der Waals surface area (Å²) in [7, 11) is 0. The van der Waals surface area contributed by atoms with Gasteiger partial charge in [-0.05, 0) is 48.9 Å². The maximum Gasteiger partial charge on any atom is 0.0455 e. The van der Waals surface area contributed by atoms with E-state index in [1.165, 1.54) is 0 Å². The van der Waals surface area contributed by atoms with E-state index in [2.05, 4.69) is 10.6 Å². The van der Waals surface area contributed by atoms with Crippen molar-refractivity contribution in [2.24, 2.45) is 0 Å². The normalized spacial score (nSPS) is 10.3. The number of hydrogen-bond acceptors (Lipinski definition) is 2. The van der Waals surface area contributed by atoms with Crippen LogP contribution in [0, 0.1) is 6.92 Å². The van der Waals surface area contributed by atoms with Crippen molar-refractivity contribution in [3.05, 3.63) is 58.1 Å². The molecule has 4 heteroatoms. The summed E-state index contributed by atoms with van der Waals surface area (Å²) in [4.78, 5) is 0. The van der Waals surface area contributed by atoms with Gasteiger partial charge in [-0.15, -0.1) is 0 Å². The lowest BCUT2D eigenvalue weighted by Gasteiger charge is -2.11. The monoisotopic (exact) mass is 294 g/mol. The van der Waals surface area contributed by atoms with Gasteiger partial charge in [0.25, 0.3) is 0 Å². The van der Waals surface area contributed by atoms with Crippen LogP contribution in [0.3, 0.4) is 0 Å². The fourth-order valence-corrected chi connectivity index (χ4v) is 2.07. The molecule has 100 valence electrons. The van der Waals surface area contributed by atoms with Crippen molar-refractivity contribution < 1.29 is 0 Å². The van der Waals surface area contributed by atoms with Crippen LogP contribution in [0.5, 0.6) is 0 Å². The Morgan fingerprint density at radius 1 is 0.895 bits per heavy atom. The topological polar surface area (TPSA) is 24.1 Å². The molecule has 0 atom stereocenters. The zero-order valence-corrected chi connectivity index (χ0v) is 12.2. The molecule has 19 heavy (non-hydrogen) atoms. The standard InChI is InChI=1S/C15H16Cl2N2/c1-11-14(17)3-2-4-15(11)19-10-9-18-13-7-5-12(16)6-8-13/h2-8,18-19H,9-10H2,1H3. The third kappa shape index (κ3) is 4.05. The largest absolute Gasteiger partial charge is 0.383 e.